The molecule has 3 rings (SSSR count). The summed E-state index contributed by atoms with van der Waals surface area (Å²) in [5.41, 5.74) is 15.8. The van der Waals surface area contributed by atoms with Gasteiger partial charge in [0.2, 0.25) is 0 Å². The van der Waals surface area contributed by atoms with E-state index in [1.807, 2.05) is 30.3 Å². The molecule has 0 aliphatic rings. The van der Waals surface area contributed by atoms with Gasteiger partial charge in [-0.25, -0.2) is 0 Å². The Bertz CT molecular complexity index is 757. The summed E-state index contributed by atoms with van der Waals surface area (Å²) in [6, 6.07) is 13.4. The first-order chi connectivity index (χ1) is 10.2. The molecule has 0 radical (unpaired) electrons. The molecule has 0 atom stereocenters. The molecule has 0 aliphatic heterocycles. The van der Waals surface area contributed by atoms with Gasteiger partial charge in [0.15, 0.2) is 5.82 Å². The summed E-state index contributed by atoms with van der Waals surface area (Å²) in [5.74, 6) is 0.620. The zero-order chi connectivity index (χ0) is 14.8. The molecule has 0 spiro atoms. The Kier molecular flexibility index (Phi) is 3.27. The van der Waals surface area contributed by atoms with Crippen molar-refractivity contribution in [3.8, 4) is 17.1 Å². The highest BCUT2D eigenvalue weighted by Gasteiger charge is 2.13. The zero-order valence-electron chi connectivity index (χ0n) is 11.7. The van der Waals surface area contributed by atoms with Gasteiger partial charge in [0.05, 0.1) is 5.69 Å². The molecule has 0 saturated heterocycles. The van der Waals surface area contributed by atoms with Crippen LogP contribution in [0.25, 0.3) is 17.1 Å². The molecule has 6 heteroatoms. The Labute approximate surface area is 122 Å². The summed E-state index contributed by atoms with van der Waals surface area (Å²) in [5, 5.41) is 12.0. The molecule has 0 fully saturated rings. The molecule has 0 bridgehead atoms. The van der Waals surface area contributed by atoms with Gasteiger partial charge in [-0.15, -0.1) is 5.10 Å². The number of nitrogen functional groups attached to an aromatic ring is 2. The number of aromatic nitrogens is 4. The average Bonchev–Trinajstić information content (AvgIpc) is 2.95. The summed E-state index contributed by atoms with van der Waals surface area (Å²) >= 11 is 0. The van der Waals surface area contributed by atoms with Crippen LogP contribution in [0.1, 0.15) is 12.5 Å². The number of anilines is 2. The van der Waals surface area contributed by atoms with E-state index >= 15 is 0 Å². The van der Waals surface area contributed by atoms with Crippen molar-refractivity contribution < 1.29 is 0 Å². The lowest BCUT2D eigenvalue weighted by Crippen LogP contribution is -2.04. The van der Waals surface area contributed by atoms with Gasteiger partial charge in [0.25, 0.3) is 0 Å². The fourth-order valence-electron chi connectivity index (χ4n) is 2.35. The first kappa shape index (κ1) is 13.1. The highest BCUT2D eigenvalue weighted by molar-refractivity contribution is 5.69. The van der Waals surface area contributed by atoms with Gasteiger partial charge in [-0.3, -0.25) is 0 Å². The quantitative estimate of drug-likeness (QED) is 0.716. The first-order valence-corrected chi connectivity index (χ1v) is 6.72. The number of hydrogen-bond donors (Lipinski definition) is 2. The van der Waals surface area contributed by atoms with E-state index in [2.05, 4.69) is 28.5 Å². The number of rotatable bonds is 3. The lowest BCUT2D eigenvalue weighted by Gasteiger charge is -2.10. The van der Waals surface area contributed by atoms with E-state index in [1.165, 1.54) is 5.56 Å². The largest absolute Gasteiger partial charge is 0.399 e. The van der Waals surface area contributed by atoms with E-state index in [-0.39, 0.29) is 0 Å². The first-order valence-electron chi connectivity index (χ1n) is 6.72. The number of nitrogens with two attached hydrogens (primary N) is 2. The van der Waals surface area contributed by atoms with E-state index in [4.69, 9.17) is 11.5 Å². The van der Waals surface area contributed by atoms with E-state index < -0.39 is 0 Å². The minimum Gasteiger partial charge on any atom is -0.399 e. The Balaban J connectivity index is 2.17. The van der Waals surface area contributed by atoms with Crippen molar-refractivity contribution in [2.75, 3.05) is 11.5 Å². The monoisotopic (exact) mass is 280 g/mol. The number of nitrogens with zero attached hydrogens (tertiary/aromatic N) is 4. The molecule has 0 saturated carbocycles. The molecular weight excluding hydrogens is 264 g/mol. The van der Waals surface area contributed by atoms with Gasteiger partial charge in [-0.1, -0.05) is 25.1 Å². The second kappa shape index (κ2) is 5.24. The van der Waals surface area contributed by atoms with Gasteiger partial charge in [0, 0.05) is 16.9 Å². The zero-order valence-corrected chi connectivity index (χ0v) is 11.7. The van der Waals surface area contributed by atoms with E-state index in [9.17, 15) is 0 Å². The number of aryl methyl sites for hydroxylation is 1. The lowest BCUT2D eigenvalue weighted by molar-refractivity contribution is 0.783. The highest BCUT2D eigenvalue weighted by atomic mass is 15.5. The Hall–Kier alpha value is -2.89. The fraction of sp³-hybridized carbons (Fsp3) is 0.133. The normalized spacial score (nSPS) is 10.7. The van der Waals surface area contributed by atoms with Crippen LogP contribution in [0.3, 0.4) is 0 Å². The number of benzene rings is 2. The van der Waals surface area contributed by atoms with Crippen LogP contribution in [0.4, 0.5) is 11.4 Å². The van der Waals surface area contributed by atoms with E-state index in [0.29, 0.717) is 17.2 Å². The molecule has 106 valence electrons. The summed E-state index contributed by atoms with van der Waals surface area (Å²) in [4.78, 5) is 0. The number of hydrogen-bond acceptors (Lipinski definition) is 5. The van der Waals surface area contributed by atoms with Gasteiger partial charge in [0.1, 0.15) is 0 Å². The third-order valence-corrected chi connectivity index (χ3v) is 3.31. The minimum atomic E-state index is 0.586. The third-order valence-electron chi connectivity index (χ3n) is 3.31. The summed E-state index contributed by atoms with van der Waals surface area (Å²) < 4.78 is 1.72. The van der Waals surface area contributed by atoms with Crippen LogP contribution in [0.2, 0.25) is 0 Å². The lowest BCUT2D eigenvalue weighted by atomic mass is 10.1. The minimum absolute atomic E-state index is 0.586. The molecule has 3 aromatic rings. The van der Waals surface area contributed by atoms with Crippen LogP contribution in [0, 0.1) is 0 Å². The highest BCUT2D eigenvalue weighted by Crippen LogP contribution is 2.25. The van der Waals surface area contributed by atoms with Crippen LogP contribution in [-0.2, 0) is 6.42 Å². The smallest absolute Gasteiger partial charge is 0.187 e. The average molecular weight is 280 g/mol. The predicted molar refractivity (Wildman–Crippen MR) is 82.8 cm³/mol. The van der Waals surface area contributed by atoms with Crippen LogP contribution in [0.5, 0.6) is 0 Å². The van der Waals surface area contributed by atoms with Crippen molar-refractivity contribution in [1.29, 1.82) is 0 Å². The standard InChI is InChI=1S/C15H16N6/c1-2-10-5-3-4-6-14(10)21-15(18-19-20-21)11-7-12(16)9-13(17)8-11/h3-9H,2,16-17H2,1H3. The summed E-state index contributed by atoms with van der Waals surface area (Å²) in [6.07, 6.45) is 0.897. The van der Waals surface area contributed by atoms with Gasteiger partial charge in [-0.05, 0) is 46.7 Å². The summed E-state index contributed by atoms with van der Waals surface area (Å²) in [7, 11) is 0. The molecule has 6 nitrogen and oxygen atoms in total. The third kappa shape index (κ3) is 2.43. The van der Waals surface area contributed by atoms with Crippen molar-refractivity contribution in [1.82, 2.24) is 20.2 Å². The molecule has 4 N–H and O–H groups in total. The van der Waals surface area contributed by atoms with Crippen molar-refractivity contribution in [3.63, 3.8) is 0 Å². The maximum atomic E-state index is 5.85. The Morgan fingerprint density at radius 1 is 1.05 bits per heavy atom. The molecule has 0 aliphatic carbocycles. The molecule has 21 heavy (non-hydrogen) atoms. The van der Waals surface area contributed by atoms with Crippen molar-refractivity contribution >= 4 is 11.4 Å². The molecule has 1 aromatic heterocycles. The predicted octanol–water partition coefficient (Wildman–Crippen LogP) is 2.06. The number of para-hydroxylation sites is 1. The molecule has 2 aromatic carbocycles. The van der Waals surface area contributed by atoms with E-state index in [1.54, 1.807) is 10.7 Å². The second-order valence-corrected chi connectivity index (χ2v) is 4.78. The van der Waals surface area contributed by atoms with Gasteiger partial charge >= 0.3 is 0 Å². The van der Waals surface area contributed by atoms with E-state index in [0.717, 1.165) is 17.7 Å². The molecule has 0 amide bonds. The SMILES string of the molecule is CCc1ccccc1-n1nnnc1-c1cc(N)cc(N)c1. The maximum absolute atomic E-state index is 5.85. The second-order valence-electron chi connectivity index (χ2n) is 4.78. The van der Waals surface area contributed by atoms with Gasteiger partial charge in [-0.2, -0.15) is 4.68 Å². The molecular formula is C15H16N6. The topological polar surface area (TPSA) is 95.6 Å². The van der Waals surface area contributed by atoms with Crippen molar-refractivity contribution in [3.05, 3.63) is 48.0 Å². The van der Waals surface area contributed by atoms with Crippen LogP contribution in [0.15, 0.2) is 42.5 Å². The Morgan fingerprint density at radius 2 is 1.76 bits per heavy atom. The number of tetrazole rings is 1. The molecule has 0 unspecified atom stereocenters. The maximum Gasteiger partial charge on any atom is 0.187 e. The van der Waals surface area contributed by atoms with Crippen LogP contribution in [-0.4, -0.2) is 20.2 Å². The van der Waals surface area contributed by atoms with Gasteiger partial charge < -0.3 is 11.5 Å². The van der Waals surface area contributed by atoms with Crippen molar-refractivity contribution in [2.24, 2.45) is 0 Å². The Morgan fingerprint density at radius 3 is 2.48 bits per heavy atom. The summed E-state index contributed by atoms with van der Waals surface area (Å²) in [6.45, 7) is 2.10. The van der Waals surface area contributed by atoms with Crippen LogP contribution >= 0.6 is 0 Å². The molecule has 1 heterocycles. The van der Waals surface area contributed by atoms with Crippen molar-refractivity contribution in [2.45, 2.75) is 13.3 Å². The van der Waals surface area contributed by atoms with Crippen LogP contribution < -0.4 is 11.5 Å². The fourth-order valence-corrected chi connectivity index (χ4v) is 2.35.